The number of amides is 1. The molecule has 6 heteroatoms. The molecule has 3 aliphatic carbocycles. The first-order valence-electron chi connectivity index (χ1n) is 14.0. The van der Waals surface area contributed by atoms with Gasteiger partial charge in [0.05, 0.1) is 6.04 Å². The van der Waals surface area contributed by atoms with Gasteiger partial charge in [-0.05, 0) is 90.7 Å². The van der Waals surface area contributed by atoms with Gasteiger partial charge in [0.2, 0.25) is 5.91 Å². The number of fused-ring (bicyclic) bond motifs is 5. The summed E-state index contributed by atoms with van der Waals surface area (Å²) in [5.74, 6) is 1.97. The van der Waals surface area contributed by atoms with E-state index in [0.29, 0.717) is 34.2 Å². The van der Waals surface area contributed by atoms with E-state index in [2.05, 4.69) is 24.5 Å². The summed E-state index contributed by atoms with van der Waals surface area (Å²) in [6.07, 6.45) is 7.62. The van der Waals surface area contributed by atoms with Gasteiger partial charge in [-0.3, -0.25) is 9.59 Å². The highest BCUT2D eigenvalue weighted by Gasteiger charge is 2.60. The van der Waals surface area contributed by atoms with Crippen molar-refractivity contribution in [1.82, 2.24) is 10.6 Å². The van der Waals surface area contributed by atoms with Gasteiger partial charge in [0.25, 0.3) is 0 Å². The average Bonchev–Trinajstić information content (AvgIpc) is 3.26. The van der Waals surface area contributed by atoms with Crippen molar-refractivity contribution in [1.29, 1.82) is 0 Å². The molecule has 200 valence electrons. The van der Waals surface area contributed by atoms with Crippen LogP contribution in [-0.4, -0.2) is 18.2 Å². The number of ketones is 1. The Balaban J connectivity index is 1.25. The molecule has 4 aliphatic rings. The summed E-state index contributed by atoms with van der Waals surface area (Å²) in [7, 11) is 0. The van der Waals surface area contributed by atoms with E-state index in [1.165, 1.54) is 0 Å². The summed E-state index contributed by atoms with van der Waals surface area (Å²) in [4.78, 5) is 26.2. The van der Waals surface area contributed by atoms with E-state index >= 15 is 0 Å². The van der Waals surface area contributed by atoms with Crippen LogP contribution < -0.4 is 10.6 Å². The third kappa shape index (κ3) is 4.29. The molecule has 0 bridgehead atoms. The van der Waals surface area contributed by atoms with Gasteiger partial charge in [0.1, 0.15) is 0 Å². The SMILES string of the molecule is C[C@]12CCC(=O)C=C1NC[C@@H]1[C@H]2CC[C@]2(C)C(C(=O)NC(c3ccc(Cl)cc3)c3ccc(Cl)cc3)CC[C@@H]12. The van der Waals surface area contributed by atoms with Crippen LogP contribution in [0.25, 0.3) is 0 Å². The van der Waals surface area contributed by atoms with Crippen molar-refractivity contribution in [2.45, 2.75) is 58.4 Å². The third-order valence-electron chi connectivity index (χ3n) is 10.6. The molecule has 6 atom stereocenters. The molecule has 0 radical (unpaired) electrons. The van der Waals surface area contributed by atoms with Crippen molar-refractivity contribution >= 4 is 34.9 Å². The van der Waals surface area contributed by atoms with Crippen molar-refractivity contribution < 1.29 is 9.59 Å². The van der Waals surface area contributed by atoms with Crippen LogP contribution in [0.1, 0.15) is 69.5 Å². The van der Waals surface area contributed by atoms with E-state index in [4.69, 9.17) is 23.2 Å². The smallest absolute Gasteiger partial charge is 0.224 e. The first-order chi connectivity index (χ1) is 18.2. The summed E-state index contributed by atoms with van der Waals surface area (Å²) < 4.78 is 0. The Bertz CT molecular complexity index is 1230. The number of nitrogens with one attached hydrogen (secondary N) is 2. The molecule has 1 unspecified atom stereocenters. The molecule has 0 aromatic heterocycles. The number of hydrogen-bond acceptors (Lipinski definition) is 3. The van der Waals surface area contributed by atoms with Gasteiger partial charge in [-0.2, -0.15) is 0 Å². The van der Waals surface area contributed by atoms with E-state index in [1.807, 2.05) is 54.6 Å². The average molecular weight is 552 g/mol. The Morgan fingerprint density at radius 2 is 1.55 bits per heavy atom. The molecule has 4 nitrogen and oxygen atoms in total. The molecule has 38 heavy (non-hydrogen) atoms. The summed E-state index contributed by atoms with van der Waals surface area (Å²) in [5, 5.41) is 8.45. The zero-order valence-electron chi connectivity index (χ0n) is 22.1. The molecule has 3 fully saturated rings. The zero-order valence-corrected chi connectivity index (χ0v) is 23.6. The fraction of sp³-hybridized carbons (Fsp3) is 0.500. The maximum atomic E-state index is 14.1. The summed E-state index contributed by atoms with van der Waals surface area (Å²) in [6, 6.07) is 15.2. The molecule has 6 rings (SSSR count). The Morgan fingerprint density at radius 3 is 2.18 bits per heavy atom. The molecule has 1 saturated heterocycles. The van der Waals surface area contributed by atoms with Gasteiger partial charge in [-0.15, -0.1) is 0 Å². The van der Waals surface area contributed by atoms with Gasteiger partial charge < -0.3 is 10.6 Å². The van der Waals surface area contributed by atoms with E-state index in [9.17, 15) is 9.59 Å². The predicted octanol–water partition coefficient (Wildman–Crippen LogP) is 7.11. The Morgan fingerprint density at radius 1 is 0.921 bits per heavy atom. The molecule has 1 aliphatic heterocycles. The van der Waals surface area contributed by atoms with Crippen molar-refractivity contribution in [2.75, 3.05) is 6.54 Å². The van der Waals surface area contributed by atoms with E-state index < -0.39 is 0 Å². The molecular weight excluding hydrogens is 515 g/mol. The highest BCUT2D eigenvalue weighted by atomic mass is 35.5. The van der Waals surface area contributed by atoms with Crippen LogP contribution in [0, 0.1) is 34.5 Å². The number of carbonyl (C=O) groups is 2. The summed E-state index contributed by atoms with van der Waals surface area (Å²) in [5.41, 5.74) is 3.18. The molecule has 1 heterocycles. The molecule has 2 aromatic rings. The van der Waals surface area contributed by atoms with Crippen LogP contribution in [-0.2, 0) is 9.59 Å². The second kappa shape index (κ2) is 9.71. The lowest BCUT2D eigenvalue weighted by Gasteiger charge is -2.58. The van der Waals surface area contributed by atoms with Crippen LogP contribution in [0.15, 0.2) is 60.3 Å². The second-order valence-electron chi connectivity index (χ2n) is 12.4. The van der Waals surface area contributed by atoms with E-state index in [-0.39, 0.29) is 34.5 Å². The molecule has 2 aromatic carbocycles. The van der Waals surface area contributed by atoms with Crippen molar-refractivity contribution in [2.24, 2.45) is 34.5 Å². The maximum Gasteiger partial charge on any atom is 0.224 e. The highest BCUT2D eigenvalue weighted by Crippen LogP contribution is 2.64. The number of benzene rings is 2. The van der Waals surface area contributed by atoms with Gasteiger partial charge in [-0.1, -0.05) is 61.3 Å². The summed E-state index contributed by atoms with van der Waals surface area (Å²) >= 11 is 12.3. The highest BCUT2D eigenvalue weighted by molar-refractivity contribution is 6.30. The van der Waals surface area contributed by atoms with Crippen LogP contribution in [0.5, 0.6) is 0 Å². The predicted molar refractivity (Wildman–Crippen MR) is 152 cm³/mol. The standard InChI is InChI=1S/C32H36Cl2N2O2/c1-31-16-14-26-24(18-35-28-17-23(37)13-15-32(26,28)2)25(31)11-12-27(31)30(38)36-29(19-3-7-21(33)8-4-19)20-5-9-22(34)10-6-20/h3-10,17,24-27,29,35H,11-16,18H2,1-2H3,(H,36,38)/t24-,25-,26+,27?,31-,32+/m0/s1. The fourth-order valence-electron chi connectivity index (χ4n) is 8.49. The summed E-state index contributed by atoms with van der Waals surface area (Å²) in [6.45, 7) is 5.63. The fourth-order valence-corrected chi connectivity index (χ4v) is 8.74. The third-order valence-corrected chi connectivity index (χ3v) is 11.1. The Labute approximate surface area is 235 Å². The van der Waals surface area contributed by atoms with Crippen LogP contribution in [0.2, 0.25) is 10.0 Å². The van der Waals surface area contributed by atoms with Crippen molar-refractivity contribution in [3.63, 3.8) is 0 Å². The minimum Gasteiger partial charge on any atom is -0.387 e. The van der Waals surface area contributed by atoms with Gasteiger partial charge >= 0.3 is 0 Å². The largest absolute Gasteiger partial charge is 0.387 e. The minimum absolute atomic E-state index is 0.0202. The normalized spacial score (nSPS) is 34.0. The molecule has 0 spiro atoms. The van der Waals surface area contributed by atoms with Crippen molar-refractivity contribution in [3.05, 3.63) is 81.5 Å². The first kappa shape index (κ1) is 26.0. The first-order valence-corrected chi connectivity index (χ1v) is 14.7. The van der Waals surface area contributed by atoms with Crippen LogP contribution in [0.4, 0.5) is 0 Å². The van der Waals surface area contributed by atoms with E-state index in [0.717, 1.165) is 55.5 Å². The van der Waals surface area contributed by atoms with Crippen molar-refractivity contribution in [3.8, 4) is 0 Å². The van der Waals surface area contributed by atoms with Gasteiger partial charge in [0, 0.05) is 46.1 Å². The number of carbonyl (C=O) groups excluding carboxylic acids is 2. The van der Waals surface area contributed by atoms with Gasteiger partial charge in [0.15, 0.2) is 5.78 Å². The number of hydrogen-bond donors (Lipinski definition) is 2. The number of rotatable bonds is 4. The number of piperidine rings is 1. The van der Waals surface area contributed by atoms with Crippen LogP contribution >= 0.6 is 23.2 Å². The Kier molecular flexibility index (Phi) is 6.63. The van der Waals surface area contributed by atoms with Crippen LogP contribution in [0.3, 0.4) is 0 Å². The maximum absolute atomic E-state index is 14.1. The quantitative estimate of drug-likeness (QED) is 0.426. The topological polar surface area (TPSA) is 58.2 Å². The minimum atomic E-state index is -0.265. The monoisotopic (exact) mass is 550 g/mol. The lowest BCUT2D eigenvalue weighted by Crippen LogP contribution is -2.57. The number of allylic oxidation sites excluding steroid dienone is 2. The second-order valence-corrected chi connectivity index (χ2v) is 13.3. The Hall–Kier alpha value is -2.30. The molecule has 2 N–H and O–H groups in total. The zero-order chi connectivity index (χ0) is 26.7. The lowest BCUT2D eigenvalue weighted by atomic mass is 9.50. The lowest BCUT2D eigenvalue weighted by molar-refractivity contribution is -0.133. The van der Waals surface area contributed by atoms with E-state index in [1.54, 1.807) is 0 Å². The molecular formula is C32H36Cl2N2O2. The van der Waals surface area contributed by atoms with Gasteiger partial charge in [-0.25, -0.2) is 0 Å². The number of halogens is 2. The molecule has 1 amide bonds. The molecule has 2 saturated carbocycles.